The summed E-state index contributed by atoms with van der Waals surface area (Å²) in [6.45, 7) is 5.72. The largest absolute Gasteiger partial charge is 0.490 e. The van der Waals surface area contributed by atoms with E-state index in [1.807, 2.05) is 0 Å². The molecular weight excluding hydrogens is 322 g/mol. The third kappa shape index (κ3) is 5.97. The second-order valence-electron chi connectivity index (χ2n) is 8.49. The lowest BCUT2D eigenvalue weighted by Crippen LogP contribution is -2.47. The van der Waals surface area contributed by atoms with Gasteiger partial charge in [0.25, 0.3) is 0 Å². The molecule has 2 aliphatic rings. The van der Waals surface area contributed by atoms with Crippen molar-refractivity contribution < 1.29 is 4.74 Å². The molecule has 26 heavy (non-hydrogen) atoms. The molecule has 1 aliphatic heterocycles. The van der Waals surface area contributed by atoms with Crippen LogP contribution in [0.4, 0.5) is 0 Å². The topological polar surface area (TPSA) is 19.0 Å². The van der Waals surface area contributed by atoms with E-state index in [0.29, 0.717) is 12.1 Å². The molecule has 3 rings (SSSR count). The monoisotopic (exact) mass is 359 g/mol. The number of rotatable bonds is 8. The van der Waals surface area contributed by atoms with E-state index < -0.39 is 0 Å². The predicted octanol–water partition coefficient (Wildman–Crippen LogP) is 3.47. The van der Waals surface area contributed by atoms with E-state index in [1.54, 1.807) is 0 Å². The Bertz CT molecular complexity index is 542. The van der Waals surface area contributed by atoms with Gasteiger partial charge in [-0.3, -0.25) is 4.90 Å². The number of hydrogen-bond donors (Lipinski definition) is 0. The Kier molecular flexibility index (Phi) is 7.35. The lowest BCUT2D eigenvalue weighted by atomic mass is 10.0. The fourth-order valence-electron chi connectivity index (χ4n) is 4.25. The molecule has 4 heteroatoms. The lowest BCUT2D eigenvalue weighted by Gasteiger charge is -2.38. The van der Waals surface area contributed by atoms with Crippen LogP contribution in [0.25, 0.3) is 0 Å². The van der Waals surface area contributed by atoms with Gasteiger partial charge >= 0.3 is 0 Å². The normalized spacial score (nSPS) is 22.4. The van der Waals surface area contributed by atoms with Crippen molar-refractivity contribution in [3.8, 4) is 5.75 Å². The highest BCUT2D eigenvalue weighted by Crippen LogP contribution is 2.25. The van der Waals surface area contributed by atoms with Crippen LogP contribution in [0.2, 0.25) is 0 Å². The van der Waals surface area contributed by atoms with Crippen molar-refractivity contribution in [2.24, 2.45) is 0 Å². The van der Waals surface area contributed by atoms with Gasteiger partial charge in [-0.05, 0) is 83.9 Å². The average molecular weight is 360 g/mol. The van der Waals surface area contributed by atoms with Crippen molar-refractivity contribution in [3.05, 3.63) is 29.8 Å². The van der Waals surface area contributed by atoms with Gasteiger partial charge in [0.05, 0.1) is 6.10 Å². The number of likely N-dealkylation sites (N-methyl/N-ethyl adjacent to an activating group) is 2. The van der Waals surface area contributed by atoms with Crippen LogP contribution in [-0.2, 0) is 6.54 Å². The molecule has 1 aromatic carbocycles. The molecular formula is C22H37N3O. The van der Waals surface area contributed by atoms with Crippen LogP contribution >= 0.6 is 0 Å². The van der Waals surface area contributed by atoms with Crippen LogP contribution in [0.5, 0.6) is 5.75 Å². The van der Waals surface area contributed by atoms with E-state index in [1.165, 1.54) is 57.2 Å². The van der Waals surface area contributed by atoms with Crippen molar-refractivity contribution in [2.75, 3.05) is 47.3 Å². The highest BCUT2D eigenvalue weighted by Gasteiger charge is 2.23. The highest BCUT2D eigenvalue weighted by atomic mass is 16.5. The first-order valence-electron chi connectivity index (χ1n) is 10.4. The highest BCUT2D eigenvalue weighted by molar-refractivity contribution is 5.28. The lowest BCUT2D eigenvalue weighted by molar-refractivity contribution is 0.106. The quantitative estimate of drug-likeness (QED) is 0.707. The predicted molar refractivity (Wildman–Crippen MR) is 109 cm³/mol. The molecule has 0 bridgehead atoms. The van der Waals surface area contributed by atoms with Gasteiger partial charge in [-0.2, -0.15) is 0 Å². The summed E-state index contributed by atoms with van der Waals surface area (Å²) >= 11 is 0. The van der Waals surface area contributed by atoms with Gasteiger partial charge in [0.2, 0.25) is 0 Å². The Hall–Kier alpha value is -1.10. The van der Waals surface area contributed by atoms with Gasteiger partial charge < -0.3 is 14.5 Å². The van der Waals surface area contributed by atoms with E-state index in [-0.39, 0.29) is 0 Å². The fraction of sp³-hybridized carbons (Fsp3) is 0.727. The summed E-state index contributed by atoms with van der Waals surface area (Å²) in [4.78, 5) is 7.44. The molecule has 1 saturated carbocycles. The van der Waals surface area contributed by atoms with Crippen LogP contribution in [0.3, 0.4) is 0 Å². The van der Waals surface area contributed by atoms with Crippen molar-refractivity contribution in [1.29, 1.82) is 0 Å². The number of hydrogen-bond acceptors (Lipinski definition) is 4. The minimum atomic E-state index is 0.440. The Morgan fingerprint density at radius 2 is 1.85 bits per heavy atom. The van der Waals surface area contributed by atoms with Crippen molar-refractivity contribution in [1.82, 2.24) is 14.7 Å². The number of nitrogens with zero attached hydrogens (tertiary/aromatic N) is 3. The van der Waals surface area contributed by atoms with Crippen molar-refractivity contribution in [3.63, 3.8) is 0 Å². The number of ether oxygens (including phenoxy) is 1. The summed E-state index contributed by atoms with van der Waals surface area (Å²) < 4.78 is 6.19. The van der Waals surface area contributed by atoms with Crippen LogP contribution in [0, 0.1) is 0 Å². The molecule has 1 heterocycles. The van der Waals surface area contributed by atoms with Gasteiger partial charge in [0, 0.05) is 32.2 Å². The maximum atomic E-state index is 6.19. The van der Waals surface area contributed by atoms with Crippen LogP contribution < -0.4 is 4.74 Å². The standard InChI is InChI=1S/C22H37N3O/c1-23(2)14-15-24(3)20-9-7-13-25(18-20)17-19-8-6-12-22(16-19)26-21-10-4-5-11-21/h6,8,12,16,20-21H,4-5,7,9-11,13-15,17-18H2,1-3H3. The summed E-state index contributed by atoms with van der Waals surface area (Å²) in [5, 5.41) is 0. The zero-order chi connectivity index (χ0) is 18.4. The first kappa shape index (κ1) is 19.7. The number of likely N-dealkylation sites (tertiary alicyclic amines) is 1. The minimum Gasteiger partial charge on any atom is -0.490 e. The molecule has 146 valence electrons. The molecule has 0 aromatic heterocycles. The third-order valence-corrected chi connectivity index (χ3v) is 5.91. The summed E-state index contributed by atoms with van der Waals surface area (Å²) in [5.41, 5.74) is 1.39. The number of benzene rings is 1. The van der Waals surface area contributed by atoms with E-state index in [4.69, 9.17) is 4.74 Å². The zero-order valence-electron chi connectivity index (χ0n) is 17.0. The molecule has 1 unspecified atom stereocenters. The van der Waals surface area contributed by atoms with Crippen molar-refractivity contribution >= 4 is 0 Å². The molecule has 1 atom stereocenters. The molecule has 1 aliphatic carbocycles. The smallest absolute Gasteiger partial charge is 0.120 e. The second kappa shape index (κ2) is 9.72. The maximum Gasteiger partial charge on any atom is 0.120 e. The van der Waals surface area contributed by atoms with Crippen LogP contribution in [-0.4, -0.2) is 74.2 Å². The van der Waals surface area contributed by atoms with E-state index in [9.17, 15) is 0 Å². The number of piperidine rings is 1. The molecule has 1 saturated heterocycles. The molecule has 0 radical (unpaired) electrons. The average Bonchev–Trinajstić information content (AvgIpc) is 3.13. The molecule has 0 N–H and O–H groups in total. The summed E-state index contributed by atoms with van der Waals surface area (Å²) in [6, 6.07) is 9.47. The molecule has 0 amide bonds. The van der Waals surface area contributed by atoms with Crippen LogP contribution in [0.15, 0.2) is 24.3 Å². The van der Waals surface area contributed by atoms with Gasteiger partial charge in [0.1, 0.15) is 5.75 Å². The Morgan fingerprint density at radius 3 is 2.62 bits per heavy atom. The SMILES string of the molecule is CN(C)CCN(C)C1CCCN(Cc2cccc(OC3CCCC3)c2)C1. The summed E-state index contributed by atoms with van der Waals surface area (Å²) in [6.07, 6.45) is 8.14. The minimum absolute atomic E-state index is 0.440. The van der Waals surface area contributed by atoms with Crippen LogP contribution in [0.1, 0.15) is 44.1 Å². The van der Waals surface area contributed by atoms with E-state index >= 15 is 0 Å². The summed E-state index contributed by atoms with van der Waals surface area (Å²) in [5.74, 6) is 1.06. The van der Waals surface area contributed by atoms with Gasteiger partial charge in [-0.15, -0.1) is 0 Å². The first-order chi connectivity index (χ1) is 12.6. The second-order valence-corrected chi connectivity index (χ2v) is 8.49. The molecule has 0 spiro atoms. The molecule has 4 nitrogen and oxygen atoms in total. The Balaban J connectivity index is 1.51. The molecule has 2 fully saturated rings. The summed E-state index contributed by atoms with van der Waals surface area (Å²) in [7, 11) is 6.59. The maximum absolute atomic E-state index is 6.19. The molecule has 1 aromatic rings. The van der Waals surface area contributed by atoms with Gasteiger partial charge in [0.15, 0.2) is 0 Å². The Morgan fingerprint density at radius 1 is 1.04 bits per heavy atom. The third-order valence-electron chi connectivity index (χ3n) is 5.91. The first-order valence-corrected chi connectivity index (χ1v) is 10.4. The Labute approximate surface area is 160 Å². The zero-order valence-corrected chi connectivity index (χ0v) is 17.0. The van der Waals surface area contributed by atoms with Crippen molar-refractivity contribution in [2.45, 2.75) is 57.2 Å². The van der Waals surface area contributed by atoms with Gasteiger partial charge in [-0.1, -0.05) is 12.1 Å². The van der Waals surface area contributed by atoms with Gasteiger partial charge in [-0.25, -0.2) is 0 Å². The van der Waals surface area contributed by atoms with E-state index in [2.05, 4.69) is 60.1 Å². The fourth-order valence-corrected chi connectivity index (χ4v) is 4.25. The van der Waals surface area contributed by atoms with E-state index in [0.717, 1.165) is 25.4 Å².